The van der Waals surface area contributed by atoms with Gasteiger partial charge in [0.25, 0.3) is 0 Å². The van der Waals surface area contributed by atoms with Crippen LogP contribution in [0.25, 0.3) is 0 Å². The molecule has 78 valence electrons. The molecule has 0 fully saturated rings. The molecule has 0 aliphatic rings. The largest absolute Gasteiger partial charge is 0.396 e. The van der Waals surface area contributed by atoms with Crippen molar-refractivity contribution >= 4 is 12.4 Å². The Bertz CT molecular complexity index is 61.5. The minimum Gasteiger partial charge on any atom is -0.396 e. The maximum absolute atomic E-state index is 8.66. The van der Waals surface area contributed by atoms with Gasteiger partial charge in [-0.05, 0) is 13.5 Å². The smallest absolute Gasteiger partial charge is 0.0531 e. The van der Waals surface area contributed by atoms with E-state index < -0.39 is 5.41 Å². The predicted molar refractivity (Wildman–Crippen MR) is 51.3 cm³/mol. The molecule has 0 atom stereocenters. The third-order valence-electron chi connectivity index (χ3n) is 1.76. The summed E-state index contributed by atoms with van der Waals surface area (Å²) in [7, 11) is 1.50. The molecule has 12 heavy (non-hydrogen) atoms. The van der Waals surface area contributed by atoms with Gasteiger partial charge in [0.2, 0.25) is 0 Å². The summed E-state index contributed by atoms with van der Waals surface area (Å²) in [5.74, 6) is 0. The third kappa shape index (κ3) is 5.74. The molecule has 0 aromatic heterocycles. The Balaban J connectivity index is -0.000000249. The molecule has 0 heterocycles. The minimum absolute atomic E-state index is 0. The molecule has 0 aromatic rings. The van der Waals surface area contributed by atoms with Crippen molar-refractivity contribution in [2.75, 3.05) is 26.9 Å². The molecule has 5 heteroatoms. The number of rotatable bonds is 4. The Morgan fingerprint density at radius 2 is 1.25 bits per heavy atom. The van der Waals surface area contributed by atoms with Crippen LogP contribution in [0.1, 0.15) is 13.3 Å². The van der Waals surface area contributed by atoms with Crippen molar-refractivity contribution < 1.29 is 15.3 Å². The lowest BCUT2D eigenvalue weighted by Gasteiger charge is -2.24. The van der Waals surface area contributed by atoms with Crippen LogP contribution in [-0.4, -0.2) is 42.2 Å². The lowest BCUT2D eigenvalue weighted by molar-refractivity contribution is 0.00304. The fraction of sp³-hybridized carbons (Fsp3) is 1.00. The summed E-state index contributed by atoms with van der Waals surface area (Å²) in [5.41, 5.74) is 3.83. The summed E-state index contributed by atoms with van der Waals surface area (Å²) >= 11 is 0. The molecule has 0 aromatic carbocycles. The number of hydrogen-bond acceptors (Lipinski definition) is 4. The van der Waals surface area contributed by atoms with E-state index in [1.165, 1.54) is 7.05 Å². The summed E-state index contributed by atoms with van der Waals surface area (Å²) < 4.78 is 0. The van der Waals surface area contributed by atoms with Gasteiger partial charge in [-0.2, -0.15) is 0 Å². The van der Waals surface area contributed by atoms with E-state index in [-0.39, 0.29) is 32.2 Å². The SMILES string of the molecule is CCC(CO)(CO)CO.CN.Cl. The monoisotopic (exact) mass is 201 g/mol. The Hall–Kier alpha value is 0.130. The summed E-state index contributed by atoms with van der Waals surface area (Å²) in [6.45, 7) is 1.35. The lowest BCUT2D eigenvalue weighted by atomic mass is 9.88. The lowest BCUT2D eigenvalue weighted by Crippen LogP contribution is -2.32. The van der Waals surface area contributed by atoms with E-state index in [1.54, 1.807) is 0 Å². The van der Waals surface area contributed by atoms with Crippen LogP contribution in [0.15, 0.2) is 0 Å². The Morgan fingerprint density at radius 1 is 1.00 bits per heavy atom. The topological polar surface area (TPSA) is 86.7 Å². The van der Waals surface area contributed by atoms with Gasteiger partial charge in [0.15, 0.2) is 0 Å². The van der Waals surface area contributed by atoms with Crippen molar-refractivity contribution in [3.63, 3.8) is 0 Å². The first-order chi connectivity index (χ1) is 5.24. The van der Waals surface area contributed by atoms with E-state index in [9.17, 15) is 0 Å². The van der Waals surface area contributed by atoms with E-state index >= 15 is 0 Å². The number of hydrogen-bond donors (Lipinski definition) is 4. The zero-order valence-electron chi connectivity index (χ0n) is 7.66. The van der Waals surface area contributed by atoms with Gasteiger partial charge in [-0.1, -0.05) is 6.92 Å². The Labute approximate surface area is 79.8 Å². The average Bonchev–Trinajstić information content (AvgIpc) is 2.13. The van der Waals surface area contributed by atoms with E-state index in [0.29, 0.717) is 6.42 Å². The first-order valence-corrected chi connectivity index (χ1v) is 3.65. The van der Waals surface area contributed by atoms with Gasteiger partial charge in [0, 0.05) is 5.41 Å². The number of halogens is 1. The van der Waals surface area contributed by atoms with Crippen LogP contribution in [-0.2, 0) is 0 Å². The van der Waals surface area contributed by atoms with Crippen molar-refractivity contribution in [2.45, 2.75) is 13.3 Å². The first-order valence-electron chi connectivity index (χ1n) is 3.65. The summed E-state index contributed by atoms with van der Waals surface area (Å²) in [6, 6.07) is 0. The van der Waals surface area contributed by atoms with Crippen molar-refractivity contribution in [1.29, 1.82) is 0 Å². The molecule has 0 radical (unpaired) electrons. The highest BCUT2D eigenvalue weighted by atomic mass is 35.5. The molecule has 0 spiro atoms. The second-order valence-electron chi connectivity index (χ2n) is 2.33. The molecular weight excluding hydrogens is 182 g/mol. The highest BCUT2D eigenvalue weighted by molar-refractivity contribution is 5.85. The van der Waals surface area contributed by atoms with Crippen LogP contribution in [0.5, 0.6) is 0 Å². The molecule has 4 nitrogen and oxygen atoms in total. The van der Waals surface area contributed by atoms with Gasteiger partial charge in [-0.3, -0.25) is 0 Å². The fourth-order valence-corrected chi connectivity index (χ4v) is 0.485. The number of aliphatic hydroxyl groups is 3. The molecular formula is C7H20ClNO3. The average molecular weight is 202 g/mol. The maximum atomic E-state index is 8.66. The maximum Gasteiger partial charge on any atom is 0.0531 e. The van der Waals surface area contributed by atoms with Crippen LogP contribution in [0.4, 0.5) is 0 Å². The van der Waals surface area contributed by atoms with Crippen molar-refractivity contribution in [3.05, 3.63) is 0 Å². The Kier molecular flexibility index (Phi) is 16.7. The van der Waals surface area contributed by atoms with E-state index in [1.807, 2.05) is 6.92 Å². The van der Waals surface area contributed by atoms with Crippen LogP contribution >= 0.6 is 12.4 Å². The zero-order chi connectivity index (χ0) is 9.33. The third-order valence-corrected chi connectivity index (χ3v) is 1.76. The fourth-order valence-electron chi connectivity index (χ4n) is 0.485. The molecule has 0 amide bonds. The van der Waals surface area contributed by atoms with Crippen molar-refractivity contribution in [3.8, 4) is 0 Å². The normalized spacial score (nSPS) is 9.50. The van der Waals surface area contributed by atoms with Gasteiger partial charge in [-0.15, -0.1) is 12.4 Å². The van der Waals surface area contributed by atoms with Crippen LogP contribution < -0.4 is 5.73 Å². The first kappa shape index (κ1) is 18.0. The predicted octanol–water partition coefficient (Wildman–Crippen LogP) is -0.644. The molecule has 0 aliphatic heterocycles. The van der Waals surface area contributed by atoms with Crippen molar-refractivity contribution in [2.24, 2.45) is 11.1 Å². The molecule has 5 N–H and O–H groups in total. The summed E-state index contributed by atoms with van der Waals surface area (Å²) in [5, 5.41) is 26.0. The summed E-state index contributed by atoms with van der Waals surface area (Å²) in [6.07, 6.45) is 0.594. The standard InChI is InChI=1S/C6H14O3.CH5N.ClH/c1-2-6(3-7,4-8)5-9;1-2;/h7-9H,2-5H2,1H3;2H2,1H3;1H. The second-order valence-corrected chi connectivity index (χ2v) is 2.33. The minimum atomic E-state index is -0.667. The zero-order valence-corrected chi connectivity index (χ0v) is 8.47. The van der Waals surface area contributed by atoms with Crippen LogP contribution in [0.3, 0.4) is 0 Å². The highest BCUT2D eigenvalue weighted by Gasteiger charge is 2.24. The van der Waals surface area contributed by atoms with Gasteiger partial charge in [0.1, 0.15) is 0 Å². The van der Waals surface area contributed by atoms with E-state index in [4.69, 9.17) is 15.3 Å². The number of aliphatic hydroxyl groups excluding tert-OH is 3. The second kappa shape index (κ2) is 11.1. The summed E-state index contributed by atoms with van der Waals surface area (Å²) in [4.78, 5) is 0. The van der Waals surface area contributed by atoms with E-state index in [0.717, 1.165) is 0 Å². The van der Waals surface area contributed by atoms with Crippen LogP contribution in [0, 0.1) is 5.41 Å². The molecule has 0 aliphatic carbocycles. The Morgan fingerprint density at radius 3 is 1.25 bits per heavy atom. The van der Waals surface area contributed by atoms with Crippen LogP contribution in [0.2, 0.25) is 0 Å². The molecule has 0 bridgehead atoms. The quantitative estimate of drug-likeness (QED) is 0.487. The van der Waals surface area contributed by atoms with Gasteiger partial charge < -0.3 is 21.1 Å². The highest BCUT2D eigenvalue weighted by Crippen LogP contribution is 2.18. The molecule has 0 saturated carbocycles. The molecule has 0 unspecified atom stereocenters. The number of nitrogens with two attached hydrogens (primary N) is 1. The molecule has 0 rings (SSSR count). The van der Waals surface area contributed by atoms with Gasteiger partial charge >= 0.3 is 0 Å². The molecule has 0 saturated heterocycles. The van der Waals surface area contributed by atoms with Crippen molar-refractivity contribution in [1.82, 2.24) is 0 Å². The van der Waals surface area contributed by atoms with E-state index in [2.05, 4.69) is 5.73 Å². The van der Waals surface area contributed by atoms with Gasteiger partial charge in [0.05, 0.1) is 19.8 Å². The van der Waals surface area contributed by atoms with Gasteiger partial charge in [-0.25, -0.2) is 0 Å².